The average molecular weight is 706 g/mol. The Morgan fingerprint density at radius 1 is 0.959 bits per heavy atom. The van der Waals surface area contributed by atoms with E-state index in [2.05, 4.69) is 37.4 Å². The lowest BCUT2D eigenvalue weighted by Crippen LogP contribution is -2.35. The fourth-order valence-corrected chi connectivity index (χ4v) is 6.92. The van der Waals surface area contributed by atoms with Crippen molar-refractivity contribution in [3.8, 4) is 45.4 Å². The molecular weight excluding hydrogens is 667 g/mol. The third kappa shape index (κ3) is 7.88. The molecule has 2 aromatic heterocycles. The van der Waals surface area contributed by atoms with Gasteiger partial charge in [-0.1, -0.05) is 66.2 Å². The number of aromatic nitrogens is 4. The largest absolute Gasteiger partial charge is 0.480 e. The Bertz CT molecular complexity index is 1860. The van der Waals surface area contributed by atoms with Gasteiger partial charge in [0, 0.05) is 72.8 Å². The van der Waals surface area contributed by atoms with E-state index in [-0.39, 0.29) is 6.04 Å². The van der Waals surface area contributed by atoms with Gasteiger partial charge in [-0.25, -0.2) is 14.8 Å². The molecule has 2 fully saturated rings. The number of halogens is 2. The molecule has 4 N–H and O–H groups in total. The molecule has 2 atom stereocenters. The van der Waals surface area contributed by atoms with Crippen LogP contribution in [0.5, 0.6) is 11.8 Å². The van der Waals surface area contributed by atoms with Crippen LogP contribution in [0, 0.1) is 0 Å². The summed E-state index contributed by atoms with van der Waals surface area (Å²) in [6.45, 7) is 7.09. The Morgan fingerprint density at radius 2 is 1.55 bits per heavy atom. The van der Waals surface area contributed by atoms with E-state index in [0.717, 1.165) is 43.6 Å². The van der Waals surface area contributed by atoms with Crippen LogP contribution in [0.1, 0.15) is 30.7 Å². The number of rotatable bonds is 12. The van der Waals surface area contributed by atoms with Crippen molar-refractivity contribution >= 4 is 29.3 Å². The maximum absolute atomic E-state index is 11.0. The van der Waals surface area contributed by atoms with Crippen molar-refractivity contribution < 1.29 is 19.4 Å². The van der Waals surface area contributed by atoms with Gasteiger partial charge in [-0.2, -0.15) is 0 Å². The Hall–Kier alpha value is -4.49. The van der Waals surface area contributed by atoms with Gasteiger partial charge in [0.1, 0.15) is 11.4 Å². The third-order valence-electron chi connectivity index (χ3n) is 8.71. The lowest BCUT2D eigenvalue weighted by Gasteiger charge is -2.18. The van der Waals surface area contributed by atoms with Crippen LogP contribution in [-0.4, -0.2) is 82.0 Å². The highest BCUT2D eigenvalue weighted by atomic mass is 35.5. The van der Waals surface area contributed by atoms with Gasteiger partial charge < -0.3 is 30.5 Å². The molecule has 14 heteroatoms. The average Bonchev–Trinajstić information content (AvgIpc) is 3.72. The van der Waals surface area contributed by atoms with E-state index in [1.54, 1.807) is 26.6 Å². The fourth-order valence-electron chi connectivity index (χ4n) is 6.27. The number of allylic oxidation sites excluding steroid dienone is 1. The molecule has 2 aliphatic heterocycles. The molecule has 0 saturated carbocycles. The summed E-state index contributed by atoms with van der Waals surface area (Å²) in [5, 5.41) is 19.3. The second-order valence-electron chi connectivity index (χ2n) is 12.0. The van der Waals surface area contributed by atoms with E-state index in [1.165, 1.54) is 0 Å². The normalized spacial score (nSPS) is 17.6. The van der Waals surface area contributed by atoms with Crippen LogP contribution in [0.25, 0.3) is 33.6 Å². The number of nitrogens with zero attached hydrogens (tertiary/aromatic N) is 5. The maximum Gasteiger partial charge on any atom is 0.404 e. The smallest absolute Gasteiger partial charge is 0.404 e. The van der Waals surface area contributed by atoms with Gasteiger partial charge in [-0.15, -0.1) is 0 Å². The second-order valence-corrected chi connectivity index (χ2v) is 12.8. The Balaban J connectivity index is 1.21. The summed E-state index contributed by atoms with van der Waals surface area (Å²) < 4.78 is 11.2. The first-order valence-corrected chi connectivity index (χ1v) is 16.7. The number of nitrogens with one attached hydrogen (secondary N) is 3. The monoisotopic (exact) mass is 704 g/mol. The highest BCUT2D eigenvalue weighted by Crippen LogP contribution is 2.42. The SMILES string of the molecule is C=C1CC[C@@H](CNCc2ncc(-c3cccc(-c4cccc(-c5cnc(CN6CCC(NC(=O)O)C6)c(OC)n5)c4Cl)c3Cl)nc2OC)N1. The van der Waals surface area contributed by atoms with Crippen molar-refractivity contribution in [2.45, 2.75) is 44.4 Å². The Labute approximate surface area is 294 Å². The van der Waals surface area contributed by atoms with Crippen molar-refractivity contribution in [1.82, 2.24) is 40.8 Å². The van der Waals surface area contributed by atoms with Gasteiger partial charge in [0.2, 0.25) is 11.8 Å². The van der Waals surface area contributed by atoms with Crippen LogP contribution in [0.15, 0.2) is 61.1 Å². The number of hydrogen-bond acceptors (Lipinski definition) is 10. The maximum atomic E-state index is 11.0. The summed E-state index contributed by atoms with van der Waals surface area (Å²) in [5.41, 5.74) is 6.34. The number of benzene rings is 2. The van der Waals surface area contributed by atoms with E-state index < -0.39 is 6.09 Å². The van der Waals surface area contributed by atoms with Gasteiger partial charge in [0.05, 0.1) is 48.0 Å². The Morgan fingerprint density at radius 3 is 2.12 bits per heavy atom. The lowest BCUT2D eigenvalue weighted by molar-refractivity contribution is 0.189. The van der Waals surface area contributed by atoms with Crippen molar-refractivity contribution in [3.63, 3.8) is 0 Å². The zero-order valence-corrected chi connectivity index (χ0v) is 28.8. The van der Waals surface area contributed by atoms with Crippen LogP contribution in [0.2, 0.25) is 10.0 Å². The molecule has 2 aliphatic rings. The molecule has 0 aliphatic carbocycles. The molecule has 49 heavy (non-hydrogen) atoms. The van der Waals surface area contributed by atoms with Crippen LogP contribution in [-0.2, 0) is 13.1 Å². The summed E-state index contributed by atoms with van der Waals surface area (Å²) in [6.07, 6.45) is 5.12. The quantitative estimate of drug-likeness (QED) is 0.142. The molecule has 0 bridgehead atoms. The second kappa shape index (κ2) is 15.4. The van der Waals surface area contributed by atoms with Crippen LogP contribution in [0.4, 0.5) is 4.79 Å². The highest BCUT2D eigenvalue weighted by molar-refractivity contribution is 6.39. The molecule has 4 aromatic rings. The first-order valence-electron chi connectivity index (χ1n) is 16.0. The molecule has 0 spiro atoms. The van der Waals surface area contributed by atoms with Crippen LogP contribution >= 0.6 is 23.2 Å². The molecule has 2 saturated heterocycles. The topological polar surface area (TPSA) is 147 Å². The fraction of sp³-hybridized carbons (Fsp3) is 0.343. The number of methoxy groups -OCH3 is 2. The highest BCUT2D eigenvalue weighted by Gasteiger charge is 2.26. The molecule has 12 nitrogen and oxygen atoms in total. The zero-order chi connectivity index (χ0) is 34.5. The number of carbonyl (C=O) groups is 1. The molecule has 6 rings (SSSR count). The molecule has 1 unspecified atom stereocenters. The van der Waals surface area contributed by atoms with E-state index in [9.17, 15) is 4.79 Å². The molecule has 256 valence electrons. The van der Waals surface area contributed by atoms with Gasteiger partial charge in [-0.05, 0) is 19.3 Å². The van der Waals surface area contributed by atoms with Crippen molar-refractivity contribution in [2.24, 2.45) is 0 Å². The molecule has 0 radical (unpaired) electrons. The van der Waals surface area contributed by atoms with Crippen molar-refractivity contribution in [2.75, 3.05) is 33.9 Å². The number of ether oxygens (including phenoxy) is 2. The minimum Gasteiger partial charge on any atom is -0.480 e. The molecule has 2 aromatic carbocycles. The predicted molar refractivity (Wildman–Crippen MR) is 189 cm³/mol. The zero-order valence-electron chi connectivity index (χ0n) is 27.3. The predicted octanol–water partition coefficient (Wildman–Crippen LogP) is 5.79. The van der Waals surface area contributed by atoms with Crippen molar-refractivity contribution in [1.29, 1.82) is 0 Å². The van der Waals surface area contributed by atoms with E-state index in [0.29, 0.717) is 86.9 Å². The summed E-state index contributed by atoms with van der Waals surface area (Å²) in [5.74, 6) is 0.800. The standard InChI is InChI=1S/C35H38Cl2N8O4/c1-20-10-11-21(41-20)14-38-15-29-33(48-2)43-27(16-39-29)25-8-4-6-23(31(25)36)24-7-5-9-26(32(24)37)28-17-40-30(34(44-28)49-3)19-45-13-12-22(18-45)42-35(46)47/h4-9,16-17,21-22,38,41-42H,1,10-15,18-19H2,2-3H3,(H,46,47)/t21-,22?/m0/s1. The van der Waals surface area contributed by atoms with Crippen LogP contribution in [0.3, 0.4) is 0 Å². The van der Waals surface area contributed by atoms with Gasteiger partial charge in [0.25, 0.3) is 0 Å². The van der Waals surface area contributed by atoms with Gasteiger partial charge in [0.15, 0.2) is 0 Å². The number of hydrogen-bond donors (Lipinski definition) is 4. The third-order valence-corrected chi connectivity index (χ3v) is 9.52. The number of amides is 1. The lowest BCUT2D eigenvalue weighted by atomic mass is 9.98. The van der Waals surface area contributed by atoms with E-state index >= 15 is 0 Å². The number of carboxylic acid groups (broad SMARTS) is 1. The summed E-state index contributed by atoms with van der Waals surface area (Å²) in [6, 6.07) is 11.6. The van der Waals surface area contributed by atoms with Crippen molar-refractivity contribution in [3.05, 3.63) is 82.5 Å². The number of likely N-dealkylation sites (tertiary alicyclic amines) is 1. The van der Waals surface area contributed by atoms with Gasteiger partial charge in [-0.3, -0.25) is 14.9 Å². The van der Waals surface area contributed by atoms with E-state index in [1.807, 2.05) is 36.4 Å². The van der Waals surface area contributed by atoms with Gasteiger partial charge >= 0.3 is 6.09 Å². The summed E-state index contributed by atoms with van der Waals surface area (Å²) in [7, 11) is 3.13. The summed E-state index contributed by atoms with van der Waals surface area (Å²) in [4.78, 5) is 32.0. The first kappa shape index (κ1) is 34.4. The molecule has 1 amide bonds. The summed E-state index contributed by atoms with van der Waals surface area (Å²) >= 11 is 14.1. The first-order chi connectivity index (χ1) is 23.7. The van der Waals surface area contributed by atoms with E-state index in [4.69, 9.17) is 47.8 Å². The van der Waals surface area contributed by atoms with Crippen LogP contribution < -0.4 is 25.4 Å². The molecular formula is C35H38Cl2N8O4. The molecule has 4 heterocycles. The minimum atomic E-state index is -1.02. The minimum absolute atomic E-state index is 0.121. The Kier molecular flexibility index (Phi) is 10.8.